The number of thioether (sulfide) groups is 1. The molecule has 1 aliphatic heterocycles. The molecule has 0 saturated heterocycles. The number of aromatic nitrogens is 3. The second-order valence-electron chi connectivity index (χ2n) is 6.84. The summed E-state index contributed by atoms with van der Waals surface area (Å²) in [5.41, 5.74) is 3.22. The number of nitrogens with one attached hydrogen (secondary N) is 3. The van der Waals surface area contributed by atoms with Crippen LogP contribution in [0.1, 0.15) is 11.3 Å². The number of likely N-dealkylation sites (N-methyl/N-ethyl adjacent to an activating group) is 1. The first-order chi connectivity index (χ1) is 14.0. The third-order valence-corrected chi connectivity index (χ3v) is 5.82. The van der Waals surface area contributed by atoms with E-state index in [-0.39, 0.29) is 5.56 Å². The lowest BCUT2D eigenvalue weighted by Gasteiger charge is -2.24. The van der Waals surface area contributed by atoms with E-state index in [0.29, 0.717) is 22.5 Å². The van der Waals surface area contributed by atoms with Gasteiger partial charge in [0, 0.05) is 30.1 Å². The van der Waals surface area contributed by atoms with Crippen LogP contribution in [-0.4, -0.2) is 39.7 Å². The molecule has 9 heteroatoms. The molecule has 0 fully saturated rings. The molecule has 3 N–H and O–H groups in total. The molecular formula is C20H21ClN6OS. The van der Waals surface area contributed by atoms with Crippen LogP contribution in [0.25, 0.3) is 0 Å². The van der Waals surface area contributed by atoms with Crippen molar-refractivity contribution in [2.45, 2.75) is 17.9 Å². The number of H-pyrrole nitrogens is 1. The van der Waals surface area contributed by atoms with Gasteiger partial charge in [-0.3, -0.25) is 4.79 Å². The number of pyridine rings is 1. The second-order valence-corrected chi connectivity index (χ2v) is 8.10. The Labute approximate surface area is 177 Å². The van der Waals surface area contributed by atoms with Crippen LogP contribution in [0.2, 0.25) is 5.02 Å². The average Bonchev–Trinajstić information content (AvgIpc) is 2.71. The number of hydrogen-bond donors (Lipinski definition) is 3. The normalized spacial score (nSPS) is 13.8. The molecule has 3 heterocycles. The summed E-state index contributed by atoms with van der Waals surface area (Å²) < 4.78 is 0. The summed E-state index contributed by atoms with van der Waals surface area (Å²) >= 11 is 7.92. The van der Waals surface area contributed by atoms with Crippen LogP contribution in [-0.2, 0) is 13.0 Å². The van der Waals surface area contributed by atoms with Gasteiger partial charge in [0.15, 0.2) is 5.82 Å². The smallest absolute Gasteiger partial charge is 0.271 e. The van der Waals surface area contributed by atoms with E-state index in [0.717, 1.165) is 41.4 Å². The molecule has 29 heavy (non-hydrogen) atoms. The van der Waals surface area contributed by atoms with Crippen molar-refractivity contribution in [1.82, 2.24) is 19.9 Å². The lowest BCUT2D eigenvalue weighted by Crippen LogP contribution is -2.29. The standard InChI is InChI=1S/C20H21ClN6OS/c1-27-8-7-14-12(11-27)9-16(19(28)24-14)25-20-22-10-13(21)18(26-20)23-15-5-3-4-6-17(15)29-2/h3-6,9-10H,7-8,11H2,1-2H3,(H,24,28)(H2,22,23,25,26). The molecule has 7 nitrogen and oxygen atoms in total. The van der Waals surface area contributed by atoms with Crippen molar-refractivity contribution in [2.24, 2.45) is 0 Å². The molecule has 0 bridgehead atoms. The van der Waals surface area contributed by atoms with Crippen LogP contribution in [0.5, 0.6) is 0 Å². The van der Waals surface area contributed by atoms with Crippen molar-refractivity contribution in [1.29, 1.82) is 0 Å². The summed E-state index contributed by atoms with van der Waals surface area (Å²) in [6.45, 7) is 1.73. The summed E-state index contributed by atoms with van der Waals surface area (Å²) in [7, 11) is 2.06. The van der Waals surface area contributed by atoms with Crippen LogP contribution >= 0.6 is 23.4 Å². The zero-order valence-corrected chi connectivity index (χ0v) is 17.7. The lowest BCUT2D eigenvalue weighted by atomic mass is 10.1. The van der Waals surface area contributed by atoms with Gasteiger partial charge >= 0.3 is 0 Å². The Balaban J connectivity index is 1.61. The van der Waals surface area contributed by atoms with Gasteiger partial charge in [0.05, 0.1) is 11.9 Å². The minimum absolute atomic E-state index is 0.186. The van der Waals surface area contributed by atoms with Gasteiger partial charge in [0.1, 0.15) is 10.7 Å². The highest BCUT2D eigenvalue weighted by molar-refractivity contribution is 7.98. The molecule has 2 aromatic heterocycles. The molecule has 0 spiro atoms. The van der Waals surface area contributed by atoms with Crippen molar-refractivity contribution in [2.75, 3.05) is 30.5 Å². The number of fused-ring (bicyclic) bond motifs is 1. The number of nitrogens with zero attached hydrogens (tertiary/aromatic N) is 3. The summed E-state index contributed by atoms with van der Waals surface area (Å²) in [4.78, 5) is 27.4. The topological polar surface area (TPSA) is 85.9 Å². The predicted octanol–water partition coefficient (Wildman–Crippen LogP) is 4.02. The second kappa shape index (κ2) is 8.44. The summed E-state index contributed by atoms with van der Waals surface area (Å²) in [6.07, 6.45) is 4.36. The van der Waals surface area contributed by atoms with Crippen molar-refractivity contribution >= 4 is 46.5 Å². The van der Waals surface area contributed by atoms with Crippen molar-refractivity contribution < 1.29 is 0 Å². The van der Waals surface area contributed by atoms with Crippen LogP contribution in [0.4, 0.5) is 23.1 Å². The molecule has 1 aromatic carbocycles. The maximum absolute atomic E-state index is 12.5. The first-order valence-corrected chi connectivity index (χ1v) is 10.8. The van der Waals surface area contributed by atoms with E-state index in [4.69, 9.17) is 11.6 Å². The van der Waals surface area contributed by atoms with Gasteiger partial charge in [0.2, 0.25) is 5.95 Å². The Hall–Kier alpha value is -2.55. The Kier molecular flexibility index (Phi) is 5.75. The van der Waals surface area contributed by atoms with E-state index in [1.54, 1.807) is 11.8 Å². The predicted molar refractivity (Wildman–Crippen MR) is 119 cm³/mol. The fraction of sp³-hybridized carbons (Fsp3) is 0.250. The monoisotopic (exact) mass is 428 g/mol. The summed E-state index contributed by atoms with van der Waals surface area (Å²) in [5.74, 6) is 0.771. The molecule has 0 atom stereocenters. The van der Waals surface area contributed by atoms with Gasteiger partial charge in [-0.2, -0.15) is 4.98 Å². The third-order valence-electron chi connectivity index (χ3n) is 4.75. The molecule has 4 rings (SSSR count). The van der Waals surface area contributed by atoms with Crippen LogP contribution in [0.3, 0.4) is 0 Å². The Morgan fingerprint density at radius 1 is 1.24 bits per heavy atom. The number of halogens is 1. The number of para-hydroxylation sites is 1. The van der Waals surface area contributed by atoms with E-state index >= 15 is 0 Å². The number of rotatable bonds is 5. The van der Waals surface area contributed by atoms with Crippen molar-refractivity contribution in [3.8, 4) is 0 Å². The van der Waals surface area contributed by atoms with Gasteiger partial charge in [-0.05, 0) is 37.1 Å². The number of hydrogen-bond acceptors (Lipinski definition) is 7. The minimum Gasteiger partial charge on any atom is -0.338 e. The number of anilines is 4. The van der Waals surface area contributed by atoms with Gasteiger partial charge < -0.3 is 20.5 Å². The van der Waals surface area contributed by atoms with Gasteiger partial charge in [-0.1, -0.05) is 23.7 Å². The minimum atomic E-state index is -0.186. The van der Waals surface area contributed by atoms with Crippen LogP contribution in [0, 0.1) is 0 Å². The molecule has 0 saturated carbocycles. The van der Waals surface area contributed by atoms with E-state index < -0.39 is 0 Å². The van der Waals surface area contributed by atoms with E-state index in [1.165, 1.54) is 6.20 Å². The third kappa shape index (κ3) is 4.39. The molecule has 1 aliphatic rings. The van der Waals surface area contributed by atoms with E-state index in [9.17, 15) is 4.79 Å². The Morgan fingerprint density at radius 2 is 2.07 bits per heavy atom. The maximum Gasteiger partial charge on any atom is 0.271 e. The fourth-order valence-electron chi connectivity index (χ4n) is 3.25. The summed E-state index contributed by atoms with van der Waals surface area (Å²) in [6, 6.07) is 9.77. The van der Waals surface area contributed by atoms with Gasteiger partial charge in [-0.15, -0.1) is 11.8 Å². The summed E-state index contributed by atoms with van der Waals surface area (Å²) in [5, 5.41) is 6.68. The highest BCUT2D eigenvalue weighted by atomic mass is 35.5. The fourth-order valence-corrected chi connectivity index (χ4v) is 3.94. The Bertz CT molecular complexity index is 1100. The van der Waals surface area contributed by atoms with Gasteiger partial charge in [0.25, 0.3) is 5.56 Å². The molecule has 0 radical (unpaired) electrons. The highest BCUT2D eigenvalue weighted by Crippen LogP contribution is 2.30. The first-order valence-electron chi connectivity index (χ1n) is 9.16. The zero-order valence-electron chi connectivity index (χ0n) is 16.1. The molecule has 150 valence electrons. The SMILES string of the molecule is CSc1ccccc1Nc1nc(Nc2cc3c([nH]c2=O)CCN(C)C3)ncc1Cl. The Morgan fingerprint density at radius 3 is 2.90 bits per heavy atom. The van der Waals surface area contributed by atoms with E-state index in [2.05, 4.69) is 37.5 Å². The van der Waals surface area contributed by atoms with Crippen molar-refractivity contribution in [3.63, 3.8) is 0 Å². The lowest BCUT2D eigenvalue weighted by molar-refractivity contribution is 0.310. The molecule has 3 aromatic rings. The number of aromatic amines is 1. The molecular weight excluding hydrogens is 408 g/mol. The average molecular weight is 429 g/mol. The van der Waals surface area contributed by atoms with Crippen molar-refractivity contribution in [3.05, 3.63) is 63.2 Å². The van der Waals surface area contributed by atoms with Crippen LogP contribution in [0.15, 0.2) is 46.2 Å². The largest absolute Gasteiger partial charge is 0.338 e. The number of benzene rings is 1. The maximum atomic E-state index is 12.5. The highest BCUT2D eigenvalue weighted by Gasteiger charge is 2.17. The molecule has 0 amide bonds. The van der Waals surface area contributed by atoms with Gasteiger partial charge in [-0.25, -0.2) is 4.98 Å². The zero-order chi connectivity index (χ0) is 20.4. The first kappa shape index (κ1) is 19.8. The molecule has 0 unspecified atom stereocenters. The molecule has 0 aliphatic carbocycles. The quantitative estimate of drug-likeness (QED) is 0.529. The van der Waals surface area contributed by atoms with E-state index in [1.807, 2.05) is 36.6 Å². The van der Waals surface area contributed by atoms with Crippen LogP contribution < -0.4 is 16.2 Å².